The number of ether oxygens (including phenoxy) is 1. The smallest absolute Gasteiger partial charge is 0.345 e. The molecular weight excluding hydrogens is 492 g/mol. The van der Waals surface area contributed by atoms with Crippen LogP contribution in [-0.4, -0.2) is 18.1 Å². The highest BCUT2D eigenvalue weighted by Crippen LogP contribution is 2.28. The first-order valence-corrected chi connectivity index (χ1v) is 10.8. The number of carbonyl (C=O) groups is 2. The molecule has 1 amide bonds. The minimum atomic E-state index is -0.585. The fourth-order valence-electron chi connectivity index (χ4n) is 3.13. The van der Waals surface area contributed by atoms with E-state index in [-0.39, 0.29) is 11.5 Å². The first-order chi connectivity index (χ1) is 15.5. The second kappa shape index (κ2) is 9.77. The highest BCUT2D eigenvalue weighted by molar-refractivity contribution is 9.10. The van der Waals surface area contributed by atoms with Gasteiger partial charge < -0.3 is 4.74 Å². The number of halogens is 2. The van der Waals surface area contributed by atoms with Crippen LogP contribution >= 0.6 is 27.5 Å². The summed E-state index contributed by atoms with van der Waals surface area (Å²) in [5.74, 6) is -0.648. The zero-order chi connectivity index (χ0) is 22.5. The predicted octanol–water partition coefficient (Wildman–Crippen LogP) is 6.24. The van der Waals surface area contributed by atoms with E-state index >= 15 is 0 Å². The second-order valence-electron chi connectivity index (χ2n) is 6.78. The quantitative estimate of drug-likeness (QED) is 0.150. The summed E-state index contributed by atoms with van der Waals surface area (Å²) >= 11 is 9.47. The van der Waals surface area contributed by atoms with Crippen LogP contribution in [0.3, 0.4) is 0 Å². The summed E-state index contributed by atoms with van der Waals surface area (Å²) in [6, 6.07) is 24.8. The lowest BCUT2D eigenvalue weighted by molar-refractivity contribution is 0.0734. The van der Waals surface area contributed by atoms with Gasteiger partial charge in [-0.2, -0.15) is 5.10 Å². The molecule has 1 N–H and O–H groups in total. The Morgan fingerprint density at radius 1 is 0.938 bits per heavy atom. The van der Waals surface area contributed by atoms with Crippen molar-refractivity contribution in [1.29, 1.82) is 0 Å². The average molecular weight is 508 g/mol. The topological polar surface area (TPSA) is 67.8 Å². The minimum absolute atomic E-state index is 0.258. The van der Waals surface area contributed by atoms with Crippen LogP contribution in [0.15, 0.2) is 94.5 Å². The molecule has 7 heteroatoms. The van der Waals surface area contributed by atoms with Crippen molar-refractivity contribution < 1.29 is 14.3 Å². The molecule has 0 saturated carbocycles. The molecule has 0 aliphatic rings. The van der Waals surface area contributed by atoms with Gasteiger partial charge in [0.1, 0.15) is 5.75 Å². The zero-order valence-electron chi connectivity index (χ0n) is 16.6. The lowest BCUT2D eigenvalue weighted by atomic mass is 10.0. The summed E-state index contributed by atoms with van der Waals surface area (Å²) in [4.78, 5) is 25.1. The van der Waals surface area contributed by atoms with Gasteiger partial charge in [0.05, 0.1) is 16.8 Å². The van der Waals surface area contributed by atoms with Gasteiger partial charge in [-0.15, -0.1) is 0 Å². The summed E-state index contributed by atoms with van der Waals surface area (Å²) in [6.07, 6.45) is 1.47. The Bertz CT molecular complexity index is 1350. The molecule has 4 aromatic rings. The fraction of sp³-hybridized carbons (Fsp3) is 0. The van der Waals surface area contributed by atoms with E-state index in [0.717, 1.165) is 15.2 Å². The monoisotopic (exact) mass is 506 g/mol. The van der Waals surface area contributed by atoms with Crippen LogP contribution in [-0.2, 0) is 0 Å². The zero-order valence-corrected chi connectivity index (χ0v) is 18.9. The number of amides is 1. The number of hydrogen-bond acceptors (Lipinski definition) is 4. The van der Waals surface area contributed by atoms with E-state index < -0.39 is 5.97 Å². The van der Waals surface area contributed by atoms with Crippen molar-refractivity contribution in [2.45, 2.75) is 0 Å². The fourth-order valence-corrected chi connectivity index (χ4v) is 3.74. The Kier molecular flexibility index (Phi) is 6.63. The van der Waals surface area contributed by atoms with Gasteiger partial charge in [0.2, 0.25) is 0 Å². The maximum absolute atomic E-state index is 12.7. The van der Waals surface area contributed by atoms with Gasteiger partial charge >= 0.3 is 5.97 Å². The van der Waals surface area contributed by atoms with Crippen molar-refractivity contribution in [1.82, 2.24) is 5.43 Å². The highest BCUT2D eigenvalue weighted by atomic mass is 79.9. The van der Waals surface area contributed by atoms with Crippen molar-refractivity contribution in [2.75, 3.05) is 0 Å². The second-order valence-corrected chi connectivity index (χ2v) is 8.10. The van der Waals surface area contributed by atoms with Gasteiger partial charge in [0, 0.05) is 15.6 Å². The molecule has 0 atom stereocenters. The third-order valence-electron chi connectivity index (χ3n) is 4.67. The van der Waals surface area contributed by atoms with E-state index in [0.29, 0.717) is 21.9 Å². The number of nitrogens with zero attached hydrogens (tertiary/aromatic N) is 1. The van der Waals surface area contributed by atoms with Crippen molar-refractivity contribution in [3.8, 4) is 5.75 Å². The Balaban J connectivity index is 1.64. The Hall–Kier alpha value is -3.48. The molecule has 0 heterocycles. The van der Waals surface area contributed by atoms with Gasteiger partial charge in [0.25, 0.3) is 5.91 Å². The first kappa shape index (κ1) is 21.7. The molecule has 0 bridgehead atoms. The molecule has 0 radical (unpaired) electrons. The molecule has 5 nitrogen and oxygen atoms in total. The van der Waals surface area contributed by atoms with Crippen LogP contribution < -0.4 is 10.2 Å². The van der Waals surface area contributed by atoms with Crippen molar-refractivity contribution >= 4 is 56.4 Å². The van der Waals surface area contributed by atoms with E-state index in [4.69, 9.17) is 16.3 Å². The van der Waals surface area contributed by atoms with Gasteiger partial charge in [0.15, 0.2) is 0 Å². The summed E-state index contributed by atoms with van der Waals surface area (Å²) < 4.78 is 6.43. The number of fused-ring (bicyclic) bond motifs is 1. The number of rotatable bonds is 5. The van der Waals surface area contributed by atoms with Crippen LogP contribution in [0.1, 0.15) is 26.3 Å². The van der Waals surface area contributed by atoms with E-state index in [9.17, 15) is 9.59 Å². The van der Waals surface area contributed by atoms with Crippen molar-refractivity contribution in [2.24, 2.45) is 5.10 Å². The Morgan fingerprint density at radius 2 is 1.72 bits per heavy atom. The van der Waals surface area contributed by atoms with Crippen LogP contribution in [0.4, 0.5) is 0 Å². The van der Waals surface area contributed by atoms with Crippen LogP contribution in [0.2, 0.25) is 5.02 Å². The average Bonchev–Trinajstić information content (AvgIpc) is 2.80. The molecule has 0 aliphatic carbocycles. The molecule has 0 saturated heterocycles. The molecule has 0 spiro atoms. The van der Waals surface area contributed by atoms with E-state index in [2.05, 4.69) is 26.5 Å². The number of benzene rings is 4. The van der Waals surface area contributed by atoms with E-state index in [1.165, 1.54) is 6.21 Å². The van der Waals surface area contributed by atoms with E-state index in [1.54, 1.807) is 48.5 Å². The normalized spacial score (nSPS) is 10.9. The molecule has 0 unspecified atom stereocenters. The molecule has 158 valence electrons. The lowest BCUT2D eigenvalue weighted by Crippen LogP contribution is -2.17. The molecule has 0 aliphatic heterocycles. The molecule has 0 fully saturated rings. The maximum Gasteiger partial charge on any atom is 0.345 e. The molecule has 32 heavy (non-hydrogen) atoms. The van der Waals surface area contributed by atoms with Gasteiger partial charge in [-0.05, 0) is 47.2 Å². The highest BCUT2D eigenvalue weighted by Gasteiger charge is 2.16. The third kappa shape index (κ3) is 4.88. The Morgan fingerprint density at radius 3 is 2.53 bits per heavy atom. The van der Waals surface area contributed by atoms with Crippen LogP contribution in [0.5, 0.6) is 5.75 Å². The number of esters is 1. The molecular formula is C25H16BrClN2O3. The van der Waals surface area contributed by atoms with Gasteiger partial charge in [-0.1, -0.05) is 76.1 Å². The van der Waals surface area contributed by atoms with E-state index in [1.807, 2.05) is 36.4 Å². The molecule has 4 rings (SSSR count). The van der Waals surface area contributed by atoms with Gasteiger partial charge in [-0.25, -0.2) is 10.2 Å². The summed E-state index contributed by atoms with van der Waals surface area (Å²) in [5.41, 5.74) is 3.78. The number of carbonyl (C=O) groups excluding carboxylic acids is 2. The largest absolute Gasteiger partial charge is 0.422 e. The Labute approximate surface area is 197 Å². The summed E-state index contributed by atoms with van der Waals surface area (Å²) in [5, 5.41) is 6.15. The summed E-state index contributed by atoms with van der Waals surface area (Å²) in [6.45, 7) is 0. The number of nitrogens with one attached hydrogen (secondary N) is 1. The molecule has 0 aromatic heterocycles. The van der Waals surface area contributed by atoms with Crippen LogP contribution in [0.25, 0.3) is 10.8 Å². The minimum Gasteiger partial charge on any atom is -0.422 e. The maximum atomic E-state index is 12.7. The third-order valence-corrected chi connectivity index (χ3v) is 5.50. The van der Waals surface area contributed by atoms with Gasteiger partial charge in [-0.3, -0.25) is 4.79 Å². The van der Waals surface area contributed by atoms with Crippen molar-refractivity contribution in [3.05, 3.63) is 111 Å². The number of hydrazone groups is 1. The summed E-state index contributed by atoms with van der Waals surface area (Å²) in [7, 11) is 0. The van der Waals surface area contributed by atoms with Crippen molar-refractivity contribution in [3.63, 3.8) is 0 Å². The number of hydrogen-bond donors (Lipinski definition) is 1. The SMILES string of the molecule is O=C(N/N=C\c1c(OC(=O)c2ccccc2Cl)ccc2ccccc12)c1cccc(Br)c1. The molecule has 4 aromatic carbocycles. The standard InChI is InChI=1S/C25H16BrClN2O3/c26-18-8-5-7-17(14-18)24(30)29-28-15-21-19-9-2-1-6-16(19)12-13-23(21)32-25(31)20-10-3-4-11-22(20)27/h1-15H,(H,29,30)/b28-15-. The lowest BCUT2D eigenvalue weighted by Gasteiger charge is -2.11. The first-order valence-electron chi connectivity index (χ1n) is 9.60. The predicted molar refractivity (Wildman–Crippen MR) is 130 cm³/mol. The van der Waals surface area contributed by atoms with Crippen LogP contribution in [0, 0.1) is 0 Å².